The van der Waals surface area contributed by atoms with E-state index in [1.54, 1.807) is 4.90 Å². The lowest BCUT2D eigenvalue weighted by molar-refractivity contribution is -0.141. The lowest BCUT2D eigenvalue weighted by Crippen LogP contribution is -2.59. The Labute approximate surface area is 206 Å². The average Bonchev–Trinajstić information content (AvgIpc) is 3.43. The topological polar surface area (TPSA) is 95.9 Å². The van der Waals surface area contributed by atoms with Crippen molar-refractivity contribution in [1.29, 1.82) is 0 Å². The van der Waals surface area contributed by atoms with Gasteiger partial charge in [0.25, 0.3) is 0 Å². The van der Waals surface area contributed by atoms with Gasteiger partial charge in [-0.2, -0.15) is 0 Å². The van der Waals surface area contributed by atoms with E-state index in [-0.39, 0.29) is 30.9 Å². The quantitative estimate of drug-likeness (QED) is 0.532. The van der Waals surface area contributed by atoms with E-state index in [9.17, 15) is 14.4 Å². The van der Waals surface area contributed by atoms with Crippen LogP contribution < -0.4 is 5.32 Å². The van der Waals surface area contributed by atoms with Crippen LogP contribution in [0.1, 0.15) is 69.4 Å². The van der Waals surface area contributed by atoms with Crippen LogP contribution in [-0.2, 0) is 14.3 Å². The molecule has 4 rings (SSSR count). The molecular formula is C28H34N2O5. The van der Waals surface area contributed by atoms with E-state index in [1.807, 2.05) is 38.1 Å². The molecule has 2 aliphatic rings. The van der Waals surface area contributed by atoms with Crippen LogP contribution in [0, 0.1) is 0 Å². The first-order valence-electron chi connectivity index (χ1n) is 12.5. The molecule has 1 saturated carbocycles. The molecule has 2 aromatic rings. The fourth-order valence-electron chi connectivity index (χ4n) is 5.47. The number of fused-ring (bicyclic) bond motifs is 3. The van der Waals surface area contributed by atoms with Gasteiger partial charge < -0.3 is 20.1 Å². The Hall–Kier alpha value is -3.35. The van der Waals surface area contributed by atoms with E-state index in [0.717, 1.165) is 35.1 Å². The number of nitrogens with zero attached hydrogens (tertiary/aromatic N) is 1. The normalized spacial score (nSPS) is 16.0. The second-order valence-corrected chi connectivity index (χ2v) is 9.83. The second kappa shape index (κ2) is 10.5. The molecule has 1 fully saturated rings. The smallest absolute Gasteiger partial charge is 0.408 e. The lowest BCUT2D eigenvalue weighted by Gasteiger charge is -2.37. The van der Waals surface area contributed by atoms with Crippen LogP contribution in [0.2, 0.25) is 0 Å². The summed E-state index contributed by atoms with van der Waals surface area (Å²) in [7, 11) is 0. The highest BCUT2D eigenvalue weighted by molar-refractivity contribution is 5.90. The SMILES string of the molecule is CC(C)N(CCCC(=O)O)C(=O)C1(NC(=O)OCC2c3ccccc3-c3ccccc32)CCCC1. The third kappa shape index (κ3) is 5.19. The van der Waals surface area contributed by atoms with Gasteiger partial charge in [0.2, 0.25) is 5.91 Å². The summed E-state index contributed by atoms with van der Waals surface area (Å²) in [5, 5.41) is 11.9. The summed E-state index contributed by atoms with van der Waals surface area (Å²) in [4.78, 5) is 39.3. The van der Waals surface area contributed by atoms with Gasteiger partial charge in [-0.05, 0) is 55.4 Å². The number of hydrogen-bond acceptors (Lipinski definition) is 4. The Morgan fingerprint density at radius 3 is 2.14 bits per heavy atom. The number of alkyl carbamates (subject to hydrolysis) is 1. The van der Waals surface area contributed by atoms with E-state index in [1.165, 1.54) is 0 Å². The molecule has 2 N–H and O–H groups in total. The number of carboxylic acids is 1. The van der Waals surface area contributed by atoms with Crippen molar-refractivity contribution < 1.29 is 24.2 Å². The number of rotatable bonds is 9. The molecule has 0 unspecified atom stereocenters. The van der Waals surface area contributed by atoms with Gasteiger partial charge in [-0.1, -0.05) is 61.4 Å². The molecule has 7 nitrogen and oxygen atoms in total. The summed E-state index contributed by atoms with van der Waals surface area (Å²) in [5.74, 6) is -1.08. The maximum atomic E-state index is 13.6. The largest absolute Gasteiger partial charge is 0.481 e. The summed E-state index contributed by atoms with van der Waals surface area (Å²) in [6.07, 6.45) is 2.59. The van der Waals surface area contributed by atoms with Crippen LogP contribution in [0.3, 0.4) is 0 Å². The summed E-state index contributed by atoms with van der Waals surface area (Å²) >= 11 is 0. The van der Waals surface area contributed by atoms with Crippen LogP contribution in [0.5, 0.6) is 0 Å². The minimum absolute atomic E-state index is 0.00328. The predicted octanol–water partition coefficient (Wildman–Crippen LogP) is 4.94. The van der Waals surface area contributed by atoms with Crippen molar-refractivity contribution in [2.24, 2.45) is 0 Å². The van der Waals surface area contributed by atoms with Crippen molar-refractivity contribution in [1.82, 2.24) is 10.2 Å². The van der Waals surface area contributed by atoms with Crippen molar-refractivity contribution in [3.05, 3.63) is 59.7 Å². The lowest BCUT2D eigenvalue weighted by atomic mass is 9.94. The Morgan fingerprint density at radius 1 is 1.03 bits per heavy atom. The van der Waals surface area contributed by atoms with Gasteiger partial charge in [0.15, 0.2) is 0 Å². The highest BCUT2D eigenvalue weighted by Crippen LogP contribution is 2.44. The van der Waals surface area contributed by atoms with Crippen molar-refractivity contribution in [3.63, 3.8) is 0 Å². The maximum absolute atomic E-state index is 13.6. The van der Waals surface area contributed by atoms with Crippen molar-refractivity contribution >= 4 is 18.0 Å². The molecule has 2 aromatic carbocycles. The highest BCUT2D eigenvalue weighted by atomic mass is 16.5. The third-order valence-corrected chi connectivity index (χ3v) is 7.23. The first-order valence-corrected chi connectivity index (χ1v) is 12.5. The maximum Gasteiger partial charge on any atom is 0.408 e. The number of aliphatic carboxylic acids is 1. The van der Waals surface area contributed by atoms with Crippen LogP contribution in [0.25, 0.3) is 11.1 Å². The van der Waals surface area contributed by atoms with Gasteiger partial charge in [-0.3, -0.25) is 9.59 Å². The van der Waals surface area contributed by atoms with Gasteiger partial charge in [-0.25, -0.2) is 4.79 Å². The molecule has 186 valence electrons. The number of nitrogens with one attached hydrogen (secondary N) is 1. The molecular weight excluding hydrogens is 444 g/mol. The summed E-state index contributed by atoms with van der Waals surface area (Å²) < 4.78 is 5.73. The Morgan fingerprint density at radius 2 is 1.60 bits per heavy atom. The minimum atomic E-state index is -1.00. The van der Waals surface area contributed by atoms with Crippen LogP contribution in [0.15, 0.2) is 48.5 Å². The Bertz CT molecular complexity index is 1040. The molecule has 0 saturated heterocycles. The van der Waals surface area contributed by atoms with E-state index in [0.29, 0.717) is 25.8 Å². The molecule has 7 heteroatoms. The third-order valence-electron chi connectivity index (χ3n) is 7.23. The molecule has 0 bridgehead atoms. The zero-order valence-electron chi connectivity index (χ0n) is 20.5. The van der Waals surface area contributed by atoms with Gasteiger partial charge in [0.05, 0.1) is 0 Å². The molecule has 0 spiro atoms. The molecule has 0 heterocycles. The number of carbonyl (C=O) groups is 3. The zero-order chi connectivity index (χ0) is 25.0. The molecule has 0 aromatic heterocycles. The Kier molecular flexibility index (Phi) is 7.43. The van der Waals surface area contributed by atoms with Crippen molar-refractivity contribution in [3.8, 4) is 11.1 Å². The second-order valence-electron chi connectivity index (χ2n) is 9.83. The molecule has 0 atom stereocenters. The van der Waals surface area contributed by atoms with Gasteiger partial charge >= 0.3 is 12.1 Å². The van der Waals surface area contributed by atoms with Gasteiger partial charge in [0.1, 0.15) is 12.1 Å². The van der Waals surface area contributed by atoms with Gasteiger partial charge in [-0.15, -0.1) is 0 Å². The first kappa shape index (κ1) is 24.8. The number of carboxylic acid groups (broad SMARTS) is 1. The van der Waals surface area contributed by atoms with Crippen LogP contribution in [0.4, 0.5) is 4.79 Å². The predicted molar refractivity (Wildman–Crippen MR) is 133 cm³/mol. The van der Waals surface area contributed by atoms with E-state index in [4.69, 9.17) is 9.84 Å². The fraction of sp³-hybridized carbons (Fsp3) is 0.464. The first-order chi connectivity index (χ1) is 16.8. The number of amides is 2. The average molecular weight is 479 g/mol. The number of ether oxygens (including phenoxy) is 1. The Balaban J connectivity index is 1.45. The number of hydrogen-bond donors (Lipinski definition) is 2. The summed E-state index contributed by atoms with van der Waals surface area (Å²) in [6, 6.07) is 16.2. The van der Waals surface area contributed by atoms with E-state index in [2.05, 4.69) is 29.6 Å². The monoisotopic (exact) mass is 478 g/mol. The van der Waals surface area contributed by atoms with Gasteiger partial charge in [0, 0.05) is 24.9 Å². The van der Waals surface area contributed by atoms with E-state index < -0.39 is 17.6 Å². The molecule has 2 aliphatic carbocycles. The zero-order valence-corrected chi connectivity index (χ0v) is 20.5. The summed E-state index contributed by atoms with van der Waals surface area (Å²) in [5.41, 5.74) is 3.59. The number of benzene rings is 2. The number of carbonyl (C=O) groups excluding carboxylic acids is 2. The molecule has 0 radical (unpaired) electrons. The van der Waals surface area contributed by atoms with Crippen molar-refractivity contribution in [2.45, 2.75) is 69.9 Å². The molecule has 2 amide bonds. The molecule has 0 aliphatic heterocycles. The molecule has 35 heavy (non-hydrogen) atoms. The highest BCUT2D eigenvalue weighted by Gasteiger charge is 2.46. The fourth-order valence-corrected chi connectivity index (χ4v) is 5.47. The standard InChI is InChI=1S/C28H34N2O5/c1-19(2)30(17-9-14-25(31)32)26(33)28(15-7-8-16-28)29-27(34)35-18-24-22-12-5-3-10-20(22)21-11-4-6-13-23(21)24/h3-6,10-13,19,24H,7-9,14-18H2,1-2H3,(H,29,34)(H,31,32). The van der Waals surface area contributed by atoms with Crippen LogP contribution >= 0.6 is 0 Å². The van der Waals surface area contributed by atoms with E-state index >= 15 is 0 Å². The summed E-state index contributed by atoms with van der Waals surface area (Å²) in [6.45, 7) is 4.36. The minimum Gasteiger partial charge on any atom is -0.481 e. The van der Waals surface area contributed by atoms with Crippen molar-refractivity contribution in [2.75, 3.05) is 13.2 Å². The van der Waals surface area contributed by atoms with Crippen LogP contribution in [-0.4, -0.2) is 52.7 Å².